The third-order valence-corrected chi connectivity index (χ3v) is 6.28. The largest absolute Gasteiger partial charge is 0.469 e. The van der Waals surface area contributed by atoms with Crippen LogP contribution < -0.4 is 0 Å². The van der Waals surface area contributed by atoms with Gasteiger partial charge >= 0.3 is 11.9 Å². The highest BCUT2D eigenvalue weighted by atomic mass is 35.5. The smallest absolute Gasteiger partial charge is 0.354 e. The van der Waals surface area contributed by atoms with Gasteiger partial charge in [0.25, 0.3) is 0 Å². The van der Waals surface area contributed by atoms with E-state index in [-0.39, 0.29) is 18.7 Å². The van der Waals surface area contributed by atoms with Crippen molar-refractivity contribution >= 4 is 57.6 Å². The highest BCUT2D eigenvalue weighted by Crippen LogP contribution is 2.45. The Balaban J connectivity index is 2.46. The summed E-state index contributed by atoms with van der Waals surface area (Å²) >= 11 is 19.5. The van der Waals surface area contributed by atoms with E-state index in [2.05, 4.69) is 5.10 Å². The molecule has 0 saturated heterocycles. The quantitative estimate of drug-likeness (QED) is 0.369. The van der Waals surface area contributed by atoms with Crippen molar-refractivity contribution in [2.45, 2.75) is 25.6 Å². The van der Waals surface area contributed by atoms with E-state index < -0.39 is 11.9 Å². The molecule has 0 saturated carbocycles. The Labute approximate surface area is 194 Å². The lowest BCUT2D eigenvalue weighted by Gasteiger charge is -2.12. The van der Waals surface area contributed by atoms with Crippen molar-refractivity contribution in [3.05, 3.63) is 38.8 Å². The van der Waals surface area contributed by atoms with Gasteiger partial charge in [0.1, 0.15) is 5.69 Å². The minimum Gasteiger partial charge on any atom is -0.469 e. The number of alkyl halides is 1. The lowest BCUT2D eigenvalue weighted by molar-refractivity contribution is -0.140. The molecule has 10 heteroatoms. The second kappa shape index (κ2) is 9.10. The molecule has 3 rings (SSSR count). The Morgan fingerprint density at radius 3 is 2.35 bits per heavy atom. The summed E-state index contributed by atoms with van der Waals surface area (Å²) in [5.41, 5.74) is 4.48. The van der Waals surface area contributed by atoms with Crippen LogP contribution >= 0.6 is 34.8 Å². The molecule has 2 aromatic heterocycles. The summed E-state index contributed by atoms with van der Waals surface area (Å²) in [6.07, 6.45) is 0.316. The van der Waals surface area contributed by atoms with Crippen LogP contribution in [0.15, 0.2) is 6.07 Å². The lowest BCUT2D eigenvalue weighted by Crippen LogP contribution is -2.11. The molecule has 0 bridgehead atoms. The van der Waals surface area contributed by atoms with E-state index in [1.165, 1.54) is 14.2 Å². The summed E-state index contributed by atoms with van der Waals surface area (Å²) in [5.74, 6) is -0.760. The first kappa shape index (κ1) is 23.4. The van der Waals surface area contributed by atoms with Gasteiger partial charge in [-0.2, -0.15) is 5.10 Å². The van der Waals surface area contributed by atoms with Gasteiger partial charge in [0, 0.05) is 42.7 Å². The summed E-state index contributed by atoms with van der Waals surface area (Å²) in [4.78, 5) is 24.5. The van der Waals surface area contributed by atoms with E-state index in [9.17, 15) is 9.59 Å². The Morgan fingerprint density at radius 1 is 1.10 bits per heavy atom. The molecule has 0 aliphatic heterocycles. The molecule has 1 aromatic carbocycles. The van der Waals surface area contributed by atoms with Crippen molar-refractivity contribution in [1.29, 1.82) is 0 Å². The molecule has 0 aliphatic rings. The number of aryl methyl sites for hydroxylation is 3. The first-order chi connectivity index (χ1) is 14.7. The molecule has 166 valence electrons. The van der Waals surface area contributed by atoms with Crippen LogP contribution in [0.1, 0.15) is 33.9 Å². The molecule has 2 heterocycles. The molecule has 0 amide bonds. The number of hydrogen-bond acceptors (Lipinski definition) is 5. The topological polar surface area (TPSA) is 75.4 Å². The van der Waals surface area contributed by atoms with Crippen LogP contribution in [-0.4, -0.2) is 40.5 Å². The van der Waals surface area contributed by atoms with Gasteiger partial charge in [0.05, 0.1) is 41.4 Å². The Bertz CT molecular complexity index is 1200. The van der Waals surface area contributed by atoms with E-state index in [4.69, 9.17) is 44.3 Å². The van der Waals surface area contributed by atoms with E-state index in [0.29, 0.717) is 43.5 Å². The van der Waals surface area contributed by atoms with Crippen LogP contribution in [0.5, 0.6) is 0 Å². The highest BCUT2D eigenvalue weighted by molar-refractivity contribution is 6.41. The van der Waals surface area contributed by atoms with Crippen LogP contribution in [0.2, 0.25) is 10.0 Å². The van der Waals surface area contributed by atoms with Crippen molar-refractivity contribution in [3.63, 3.8) is 0 Å². The van der Waals surface area contributed by atoms with E-state index in [1.54, 1.807) is 22.4 Å². The number of hydrogen-bond donors (Lipinski definition) is 0. The molecule has 0 N–H and O–H groups in total. The Hall–Kier alpha value is -2.22. The molecule has 0 unspecified atom stereocenters. The molecule has 3 aromatic rings. The summed E-state index contributed by atoms with van der Waals surface area (Å²) < 4.78 is 13.2. The van der Waals surface area contributed by atoms with Crippen LogP contribution in [0.4, 0.5) is 0 Å². The third-order valence-electron chi connectivity index (χ3n) is 5.43. The molecule has 0 atom stereocenters. The van der Waals surface area contributed by atoms with E-state index >= 15 is 0 Å². The highest BCUT2D eigenvalue weighted by Gasteiger charge is 2.29. The maximum atomic E-state index is 12.7. The number of methoxy groups -OCH3 is 2. The van der Waals surface area contributed by atoms with Gasteiger partial charge in [0.15, 0.2) is 0 Å². The summed E-state index contributed by atoms with van der Waals surface area (Å²) in [6.45, 7) is 1.91. The zero-order valence-corrected chi connectivity index (χ0v) is 20.1. The fourth-order valence-electron chi connectivity index (χ4n) is 3.92. The number of carbonyl (C=O) groups excluding carboxylic acids is 2. The molecule has 0 aliphatic carbocycles. The Morgan fingerprint density at radius 2 is 1.77 bits per heavy atom. The SMILES string of the molecule is COC(=O)CCc1c(C(=O)OC)n(C)c2c(-c3c(CCl)nn(C)c3C)c(Cl)cc(Cl)c12. The normalized spacial score (nSPS) is 11.2. The molecule has 0 spiro atoms. The number of nitrogens with zero attached hydrogens (tertiary/aromatic N) is 3. The first-order valence-corrected chi connectivity index (χ1v) is 10.7. The molecule has 31 heavy (non-hydrogen) atoms. The average molecular weight is 487 g/mol. The molecular formula is C21H22Cl3N3O4. The minimum absolute atomic E-state index is 0.0761. The summed E-state index contributed by atoms with van der Waals surface area (Å²) in [5, 5.41) is 5.87. The van der Waals surface area contributed by atoms with Gasteiger partial charge in [-0.05, 0) is 25.0 Å². The summed E-state index contributed by atoms with van der Waals surface area (Å²) in [7, 11) is 6.17. The predicted octanol–water partition coefficient (Wildman–Crippen LogP) is 4.83. The van der Waals surface area contributed by atoms with Crippen molar-refractivity contribution < 1.29 is 19.1 Å². The molecule has 0 fully saturated rings. The average Bonchev–Trinajstić information content (AvgIpc) is 3.20. The number of fused-ring (bicyclic) bond motifs is 1. The Kier molecular flexibility index (Phi) is 6.88. The monoisotopic (exact) mass is 485 g/mol. The van der Waals surface area contributed by atoms with E-state index in [1.807, 2.05) is 14.0 Å². The fraction of sp³-hybridized carbons (Fsp3) is 0.381. The standard InChI is InChI=1S/C21H22Cl3N3O4/c1-10-16(14(9-22)25-27(10)3)18-13(24)8-12(23)17-11(6-7-15(28)30-4)19(21(29)31-5)26(2)20(17)18/h8H,6-7,9H2,1-5H3. The third kappa shape index (κ3) is 3.90. The number of ether oxygens (including phenoxy) is 2. The number of benzene rings is 1. The molecule has 0 radical (unpaired) electrons. The number of aromatic nitrogens is 3. The van der Waals surface area contributed by atoms with Gasteiger partial charge < -0.3 is 14.0 Å². The van der Waals surface area contributed by atoms with Gasteiger partial charge in [-0.15, -0.1) is 11.6 Å². The van der Waals surface area contributed by atoms with Crippen LogP contribution in [0, 0.1) is 6.92 Å². The summed E-state index contributed by atoms with van der Waals surface area (Å²) in [6, 6.07) is 1.63. The first-order valence-electron chi connectivity index (χ1n) is 9.41. The minimum atomic E-state index is -0.544. The van der Waals surface area contributed by atoms with Gasteiger partial charge in [-0.25, -0.2) is 4.79 Å². The van der Waals surface area contributed by atoms with Gasteiger partial charge in [0.2, 0.25) is 0 Å². The van der Waals surface area contributed by atoms with Crippen LogP contribution in [0.25, 0.3) is 22.0 Å². The van der Waals surface area contributed by atoms with Gasteiger partial charge in [-0.3, -0.25) is 9.48 Å². The maximum absolute atomic E-state index is 12.7. The number of carbonyl (C=O) groups is 2. The zero-order chi connectivity index (χ0) is 23.0. The second-order valence-corrected chi connectivity index (χ2v) is 8.14. The number of esters is 2. The van der Waals surface area contributed by atoms with Crippen molar-refractivity contribution in [2.24, 2.45) is 14.1 Å². The zero-order valence-electron chi connectivity index (χ0n) is 17.8. The lowest BCUT2D eigenvalue weighted by atomic mass is 9.98. The molecular weight excluding hydrogens is 465 g/mol. The van der Waals surface area contributed by atoms with Crippen molar-refractivity contribution in [1.82, 2.24) is 14.3 Å². The van der Waals surface area contributed by atoms with Crippen molar-refractivity contribution in [2.75, 3.05) is 14.2 Å². The van der Waals surface area contributed by atoms with E-state index in [0.717, 1.165) is 11.3 Å². The van der Waals surface area contributed by atoms with Crippen molar-refractivity contribution in [3.8, 4) is 11.1 Å². The number of halogens is 3. The fourth-order valence-corrected chi connectivity index (χ4v) is 4.77. The number of rotatable bonds is 6. The van der Waals surface area contributed by atoms with Crippen LogP contribution in [0.3, 0.4) is 0 Å². The van der Waals surface area contributed by atoms with Gasteiger partial charge in [-0.1, -0.05) is 23.2 Å². The van der Waals surface area contributed by atoms with Crippen LogP contribution in [-0.2, 0) is 40.7 Å². The maximum Gasteiger partial charge on any atom is 0.354 e. The second-order valence-electron chi connectivity index (χ2n) is 7.06. The molecule has 7 nitrogen and oxygen atoms in total. The predicted molar refractivity (Wildman–Crippen MR) is 121 cm³/mol.